The molecule has 1 N–H and O–H groups in total. The fraction of sp³-hybridized carbons (Fsp3) is 0.200. The number of nitro benzene ring substituents is 1. The normalized spacial score (nSPS) is 10.6. The first kappa shape index (κ1) is 18.7. The van der Waals surface area contributed by atoms with Gasteiger partial charge in [-0.1, -0.05) is 30.3 Å². The molecule has 0 saturated heterocycles. The monoisotopic (exact) mass is 381 g/mol. The smallest absolute Gasteiger partial charge is 0.273 e. The van der Waals surface area contributed by atoms with Crippen molar-refractivity contribution in [2.45, 2.75) is 27.3 Å². The van der Waals surface area contributed by atoms with Crippen molar-refractivity contribution in [2.75, 3.05) is 0 Å². The molecule has 0 bridgehead atoms. The summed E-state index contributed by atoms with van der Waals surface area (Å²) in [5.74, 6) is -0.344. The van der Waals surface area contributed by atoms with Crippen LogP contribution in [0.1, 0.15) is 32.1 Å². The van der Waals surface area contributed by atoms with Gasteiger partial charge in [0.1, 0.15) is 5.01 Å². The van der Waals surface area contributed by atoms with Gasteiger partial charge in [-0.2, -0.15) is 0 Å². The topological polar surface area (TPSA) is 85.1 Å². The molecule has 1 heterocycles. The quantitative estimate of drug-likeness (QED) is 0.518. The van der Waals surface area contributed by atoms with E-state index in [-0.39, 0.29) is 17.2 Å². The number of nitro groups is 1. The van der Waals surface area contributed by atoms with E-state index in [9.17, 15) is 14.9 Å². The van der Waals surface area contributed by atoms with Crippen LogP contribution in [0.4, 0.5) is 5.69 Å². The van der Waals surface area contributed by atoms with E-state index in [0.717, 1.165) is 26.7 Å². The zero-order valence-corrected chi connectivity index (χ0v) is 16.1. The zero-order chi connectivity index (χ0) is 19.6. The number of amides is 1. The predicted octanol–water partition coefficient (Wildman–Crippen LogP) is 4.57. The largest absolute Gasteiger partial charge is 0.347 e. The number of hydrogen-bond acceptors (Lipinski definition) is 5. The molecule has 3 aromatic rings. The van der Waals surface area contributed by atoms with E-state index in [1.165, 1.54) is 6.07 Å². The van der Waals surface area contributed by atoms with Gasteiger partial charge in [-0.25, -0.2) is 4.98 Å². The summed E-state index contributed by atoms with van der Waals surface area (Å²) in [5, 5.41) is 14.8. The van der Waals surface area contributed by atoms with E-state index in [1.54, 1.807) is 30.4 Å². The molecule has 27 heavy (non-hydrogen) atoms. The van der Waals surface area contributed by atoms with Crippen molar-refractivity contribution >= 4 is 22.9 Å². The third-order valence-corrected chi connectivity index (χ3v) is 5.54. The Morgan fingerprint density at radius 3 is 2.59 bits per heavy atom. The van der Waals surface area contributed by atoms with Crippen LogP contribution in [0.2, 0.25) is 0 Å². The first-order valence-electron chi connectivity index (χ1n) is 8.42. The van der Waals surface area contributed by atoms with E-state index >= 15 is 0 Å². The summed E-state index contributed by atoms with van der Waals surface area (Å²) < 4.78 is 0. The molecule has 1 aromatic heterocycles. The third-order valence-electron chi connectivity index (χ3n) is 4.35. The number of nitrogens with zero attached hydrogens (tertiary/aromatic N) is 2. The van der Waals surface area contributed by atoms with E-state index in [0.29, 0.717) is 12.1 Å². The number of aryl methyl sites for hydroxylation is 3. The van der Waals surface area contributed by atoms with E-state index in [2.05, 4.69) is 10.3 Å². The molecular weight excluding hydrogens is 362 g/mol. The van der Waals surface area contributed by atoms with Gasteiger partial charge in [0, 0.05) is 27.6 Å². The van der Waals surface area contributed by atoms with Crippen LogP contribution in [-0.4, -0.2) is 15.8 Å². The molecular formula is C20H19N3O3S. The van der Waals surface area contributed by atoms with Crippen molar-refractivity contribution in [1.82, 2.24) is 10.3 Å². The summed E-state index contributed by atoms with van der Waals surface area (Å²) in [6.07, 6.45) is 0. The van der Waals surface area contributed by atoms with Crippen LogP contribution in [0, 0.1) is 30.9 Å². The Kier molecular flexibility index (Phi) is 5.32. The summed E-state index contributed by atoms with van der Waals surface area (Å²) in [7, 11) is 0. The van der Waals surface area contributed by atoms with Crippen LogP contribution >= 0.6 is 11.3 Å². The highest BCUT2D eigenvalue weighted by Crippen LogP contribution is 2.30. The summed E-state index contributed by atoms with van der Waals surface area (Å²) in [6, 6.07) is 12.5. The van der Waals surface area contributed by atoms with Crippen LogP contribution in [0.15, 0.2) is 42.5 Å². The van der Waals surface area contributed by atoms with Gasteiger partial charge < -0.3 is 5.32 Å². The van der Waals surface area contributed by atoms with Crippen LogP contribution in [0.5, 0.6) is 0 Å². The second-order valence-electron chi connectivity index (χ2n) is 6.28. The Morgan fingerprint density at radius 1 is 1.15 bits per heavy atom. The van der Waals surface area contributed by atoms with Crippen molar-refractivity contribution < 1.29 is 9.72 Å². The molecule has 0 unspecified atom stereocenters. The van der Waals surface area contributed by atoms with Crippen LogP contribution in [0.3, 0.4) is 0 Å². The van der Waals surface area contributed by atoms with Gasteiger partial charge in [0.05, 0.1) is 17.2 Å². The lowest BCUT2D eigenvalue weighted by molar-refractivity contribution is -0.385. The van der Waals surface area contributed by atoms with Gasteiger partial charge in [0.2, 0.25) is 0 Å². The number of thiazole rings is 1. The Morgan fingerprint density at radius 2 is 1.89 bits per heavy atom. The zero-order valence-electron chi connectivity index (χ0n) is 15.3. The predicted molar refractivity (Wildman–Crippen MR) is 106 cm³/mol. The third kappa shape index (κ3) is 4.03. The molecule has 138 valence electrons. The number of benzene rings is 2. The second kappa shape index (κ2) is 7.67. The Hall–Kier alpha value is -3.06. The average Bonchev–Trinajstić information content (AvgIpc) is 3.00. The minimum Gasteiger partial charge on any atom is -0.347 e. The molecule has 0 saturated carbocycles. The SMILES string of the molecule is Cc1ccccc1-c1nc(C)c(CNC(=O)c2ccc(C)c([N+](=O)[O-])c2)s1. The molecule has 6 nitrogen and oxygen atoms in total. The molecule has 0 aliphatic heterocycles. The molecule has 3 rings (SSSR count). The number of hydrogen-bond donors (Lipinski definition) is 1. The highest BCUT2D eigenvalue weighted by Gasteiger charge is 2.16. The first-order chi connectivity index (χ1) is 12.9. The van der Waals surface area contributed by atoms with Gasteiger partial charge in [0.15, 0.2) is 0 Å². The standard InChI is InChI=1S/C20H19N3O3S/c1-12-6-4-5-7-16(12)20-22-14(3)18(27-20)11-21-19(24)15-9-8-13(2)17(10-15)23(25)26/h4-10H,11H2,1-3H3,(H,21,24). The van der Waals surface area contributed by atoms with E-state index < -0.39 is 4.92 Å². The lowest BCUT2D eigenvalue weighted by Crippen LogP contribution is -2.22. The van der Waals surface area contributed by atoms with E-state index in [1.807, 2.05) is 38.1 Å². The molecule has 2 aromatic carbocycles. The lowest BCUT2D eigenvalue weighted by Gasteiger charge is -2.05. The summed E-state index contributed by atoms with van der Waals surface area (Å²) in [5.41, 5.74) is 3.84. The Bertz CT molecular complexity index is 1030. The van der Waals surface area contributed by atoms with Crippen molar-refractivity contribution in [3.05, 3.63) is 79.8 Å². The van der Waals surface area contributed by atoms with Crippen molar-refractivity contribution in [1.29, 1.82) is 0 Å². The molecule has 0 atom stereocenters. The maximum absolute atomic E-state index is 12.4. The minimum absolute atomic E-state index is 0.0570. The average molecular weight is 381 g/mol. The maximum Gasteiger partial charge on any atom is 0.273 e. The molecule has 1 amide bonds. The highest BCUT2D eigenvalue weighted by atomic mass is 32.1. The first-order valence-corrected chi connectivity index (χ1v) is 9.24. The van der Waals surface area contributed by atoms with Crippen LogP contribution in [0.25, 0.3) is 10.6 Å². The molecule has 0 aliphatic rings. The fourth-order valence-corrected chi connectivity index (χ4v) is 3.82. The molecule has 0 radical (unpaired) electrons. The van der Waals surface area contributed by atoms with Crippen molar-refractivity contribution in [3.8, 4) is 10.6 Å². The van der Waals surface area contributed by atoms with Gasteiger partial charge in [0.25, 0.3) is 11.6 Å². The molecule has 0 spiro atoms. The fourth-order valence-electron chi connectivity index (χ4n) is 2.73. The molecule has 0 aliphatic carbocycles. The number of carbonyl (C=O) groups is 1. The van der Waals surface area contributed by atoms with Crippen molar-refractivity contribution in [3.63, 3.8) is 0 Å². The summed E-state index contributed by atoms with van der Waals surface area (Å²) in [6.45, 7) is 5.93. The van der Waals surface area contributed by atoms with Gasteiger partial charge in [-0.05, 0) is 32.4 Å². The highest BCUT2D eigenvalue weighted by molar-refractivity contribution is 7.15. The van der Waals surface area contributed by atoms with Crippen LogP contribution in [-0.2, 0) is 6.54 Å². The van der Waals surface area contributed by atoms with Crippen molar-refractivity contribution in [2.24, 2.45) is 0 Å². The molecule has 7 heteroatoms. The van der Waals surface area contributed by atoms with Crippen LogP contribution < -0.4 is 5.32 Å². The lowest BCUT2D eigenvalue weighted by atomic mass is 10.1. The maximum atomic E-state index is 12.4. The summed E-state index contributed by atoms with van der Waals surface area (Å²) >= 11 is 1.54. The summed E-state index contributed by atoms with van der Waals surface area (Å²) in [4.78, 5) is 28.6. The number of aromatic nitrogens is 1. The van der Waals surface area contributed by atoms with Gasteiger partial charge >= 0.3 is 0 Å². The number of nitrogens with one attached hydrogen (secondary N) is 1. The Labute approximate surface area is 161 Å². The van der Waals surface area contributed by atoms with Gasteiger partial charge in [-0.15, -0.1) is 11.3 Å². The number of rotatable bonds is 5. The van der Waals surface area contributed by atoms with E-state index in [4.69, 9.17) is 0 Å². The molecule has 0 fully saturated rings. The number of carbonyl (C=O) groups excluding carboxylic acids is 1. The second-order valence-corrected chi connectivity index (χ2v) is 7.37. The Balaban J connectivity index is 1.76. The minimum atomic E-state index is -0.478. The van der Waals surface area contributed by atoms with Gasteiger partial charge in [-0.3, -0.25) is 14.9 Å².